The van der Waals surface area contributed by atoms with E-state index in [1.807, 2.05) is 0 Å². The lowest BCUT2D eigenvalue weighted by Gasteiger charge is -2.36. The zero-order valence-electron chi connectivity index (χ0n) is 38.1. The van der Waals surface area contributed by atoms with Crippen molar-refractivity contribution in [1.29, 1.82) is 0 Å². The maximum Gasteiger partial charge on any atom is 0.136 e. The smallest absolute Gasteiger partial charge is 0.136 e. The molecule has 0 amide bonds. The predicted molar refractivity (Wildman–Crippen MR) is 289 cm³/mol. The molecule has 1 atom stereocenters. The highest BCUT2D eigenvalue weighted by molar-refractivity contribution is 6.16. The van der Waals surface area contributed by atoms with Crippen LogP contribution in [0.1, 0.15) is 22.3 Å². The highest BCUT2D eigenvalue weighted by atomic mass is 16.3. The van der Waals surface area contributed by atoms with Gasteiger partial charge < -0.3 is 14.2 Å². The van der Waals surface area contributed by atoms with Gasteiger partial charge in [0.15, 0.2) is 0 Å². The SMILES string of the molecule is c1ccc(N(c2ccc3c(c2)-c2ccccc2N(c2ccccc2)c2ccccc2-3)c2ccc3c(c2)C2(c4ccccc4-c4ccccc4-3)c3ccccc3-c3c2ccc2oc4ccccc4c32)cc1. The Morgan fingerprint density at radius 2 is 0.829 bits per heavy atom. The number of benzene rings is 11. The number of furan rings is 1. The van der Waals surface area contributed by atoms with Crippen LogP contribution in [0, 0.1) is 0 Å². The maximum atomic E-state index is 6.64. The van der Waals surface area contributed by atoms with E-state index in [1.165, 1.54) is 77.9 Å². The first-order chi connectivity index (χ1) is 34.8. The number of hydrogen-bond donors (Lipinski definition) is 0. The zero-order chi connectivity index (χ0) is 45.9. The molecule has 1 aliphatic heterocycles. The summed E-state index contributed by atoms with van der Waals surface area (Å²) in [7, 11) is 0. The molecule has 1 spiro atoms. The fourth-order valence-corrected chi connectivity index (χ4v) is 12.5. The van der Waals surface area contributed by atoms with E-state index in [2.05, 4.69) is 265 Å². The maximum absolute atomic E-state index is 6.64. The van der Waals surface area contributed by atoms with Crippen LogP contribution in [0.4, 0.5) is 34.1 Å². The average molecular weight is 891 g/mol. The fraction of sp³-hybridized carbons (Fsp3) is 0.0149. The van der Waals surface area contributed by atoms with Crippen molar-refractivity contribution in [3.8, 4) is 55.6 Å². The Kier molecular flexibility index (Phi) is 8.28. The van der Waals surface area contributed by atoms with Crippen LogP contribution in [0.25, 0.3) is 77.6 Å². The van der Waals surface area contributed by atoms with Crippen molar-refractivity contribution in [2.45, 2.75) is 5.41 Å². The van der Waals surface area contributed by atoms with Gasteiger partial charge in [0.2, 0.25) is 0 Å². The Morgan fingerprint density at radius 3 is 1.56 bits per heavy atom. The topological polar surface area (TPSA) is 19.6 Å². The molecule has 2 heterocycles. The van der Waals surface area contributed by atoms with Crippen LogP contribution in [0.15, 0.2) is 259 Å². The van der Waals surface area contributed by atoms with Crippen LogP contribution in [-0.2, 0) is 5.41 Å². The van der Waals surface area contributed by atoms with E-state index >= 15 is 0 Å². The molecule has 11 aromatic carbocycles. The summed E-state index contributed by atoms with van der Waals surface area (Å²) in [6, 6.07) is 94.0. The van der Waals surface area contributed by atoms with Gasteiger partial charge in [0.1, 0.15) is 11.2 Å². The zero-order valence-corrected chi connectivity index (χ0v) is 38.1. The third kappa shape index (κ3) is 5.34. The van der Waals surface area contributed by atoms with Gasteiger partial charge >= 0.3 is 0 Å². The van der Waals surface area contributed by atoms with Crippen LogP contribution >= 0.6 is 0 Å². The van der Waals surface area contributed by atoms with Crippen LogP contribution < -0.4 is 9.80 Å². The van der Waals surface area contributed by atoms with E-state index in [4.69, 9.17) is 4.42 Å². The van der Waals surface area contributed by atoms with Crippen molar-refractivity contribution in [2.24, 2.45) is 0 Å². The normalized spacial score (nSPS) is 14.6. The van der Waals surface area contributed by atoms with Crippen LogP contribution in [0.2, 0.25) is 0 Å². The minimum Gasteiger partial charge on any atom is -0.456 e. The molecule has 0 bridgehead atoms. The Hall–Kier alpha value is -9.18. The van der Waals surface area contributed by atoms with Crippen molar-refractivity contribution < 1.29 is 4.42 Å². The van der Waals surface area contributed by atoms with Crippen LogP contribution in [-0.4, -0.2) is 0 Å². The molecular formula is C67H42N2O. The Balaban J connectivity index is 1.03. The number of anilines is 6. The standard InChI is InChI=1S/C67H42N2O/c1-3-19-43(20-4-1)68(45-35-37-49-52-26-11-16-32-61(52)69(44-21-5-2-6-22-44)62-33-17-12-27-53(62)56(49)41-45)46-36-38-51-48-24-8-7-23-47(48)50-25-9-14-30-57(50)67(60(51)42-46)58-31-15-10-28-54(58)65-59(67)39-40-64-66(65)55-29-13-18-34-63(55)70-64/h1-42H. The molecule has 0 N–H and O–H groups in total. The summed E-state index contributed by atoms with van der Waals surface area (Å²) >= 11 is 0. The van der Waals surface area contributed by atoms with E-state index in [-0.39, 0.29) is 0 Å². The van der Waals surface area contributed by atoms with Gasteiger partial charge in [-0.2, -0.15) is 0 Å². The Morgan fingerprint density at radius 1 is 0.314 bits per heavy atom. The Bertz CT molecular complexity index is 4090. The van der Waals surface area contributed by atoms with Crippen LogP contribution in [0.5, 0.6) is 0 Å². The molecule has 0 saturated heterocycles. The molecule has 1 unspecified atom stereocenters. The number of fused-ring (bicyclic) bond motifs is 21. The van der Waals surface area contributed by atoms with E-state index in [0.717, 1.165) is 56.1 Å². The first-order valence-corrected chi connectivity index (χ1v) is 24.2. The largest absolute Gasteiger partial charge is 0.456 e. The summed E-state index contributed by atoms with van der Waals surface area (Å²) in [5.41, 5.74) is 25.0. The first-order valence-electron chi connectivity index (χ1n) is 24.2. The summed E-state index contributed by atoms with van der Waals surface area (Å²) < 4.78 is 6.64. The van der Waals surface area contributed by atoms with Crippen molar-refractivity contribution in [2.75, 3.05) is 9.80 Å². The third-order valence-corrected chi connectivity index (χ3v) is 15.2. The van der Waals surface area contributed by atoms with Crippen LogP contribution in [0.3, 0.4) is 0 Å². The van der Waals surface area contributed by atoms with Crippen molar-refractivity contribution in [3.05, 3.63) is 277 Å². The second-order valence-corrected chi connectivity index (χ2v) is 18.7. The summed E-state index contributed by atoms with van der Waals surface area (Å²) in [5.74, 6) is 0. The third-order valence-electron chi connectivity index (χ3n) is 15.2. The highest BCUT2D eigenvalue weighted by Gasteiger charge is 2.51. The molecule has 3 aliphatic rings. The first kappa shape index (κ1) is 38.9. The molecule has 0 fully saturated rings. The van der Waals surface area contributed by atoms with Gasteiger partial charge in [-0.25, -0.2) is 0 Å². The summed E-state index contributed by atoms with van der Waals surface area (Å²) in [4.78, 5) is 4.87. The van der Waals surface area contributed by atoms with E-state index in [1.54, 1.807) is 0 Å². The second-order valence-electron chi connectivity index (χ2n) is 18.7. The minimum absolute atomic E-state index is 0.695. The van der Waals surface area contributed by atoms with Gasteiger partial charge in [0, 0.05) is 44.6 Å². The van der Waals surface area contributed by atoms with E-state index < -0.39 is 5.41 Å². The average Bonchev–Trinajstić information content (AvgIpc) is 3.89. The molecule has 326 valence electrons. The predicted octanol–water partition coefficient (Wildman–Crippen LogP) is 18.2. The number of hydrogen-bond acceptors (Lipinski definition) is 3. The molecule has 70 heavy (non-hydrogen) atoms. The summed E-state index contributed by atoms with van der Waals surface area (Å²) in [6.07, 6.45) is 0. The monoisotopic (exact) mass is 890 g/mol. The van der Waals surface area contributed by atoms with Gasteiger partial charge in [0.05, 0.1) is 16.8 Å². The van der Waals surface area contributed by atoms with Crippen molar-refractivity contribution >= 4 is 56.1 Å². The van der Waals surface area contributed by atoms with E-state index in [0.29, 0.717) is 0 Å². The van der Waals surface area contributed by atoms with Gasteiger partial charge in [-0.3, -0.25) is 0 Å². The number of nitrogens with zero attached hydrogens (tertiary/aromatic N) is 2. The lowest BCUT2D eigenvalue weighted by atomic mass is 9.65. The lowest BCUT2D eigenvalue weighted by molar-refractivity contribution is 0.668. The molecule has 0 saturated carbocycles. The quantitative estimate of drug-likeness (QED) is 0.176. The van der Waals surface area contributed by atoms with Gasteiger partial charge in [-0.15, -0.1) is 0 Å². The summed E-state index contributed by atoms with van der Waals surface area (Å²) in [5, 5.41) is 2.30. The number of para-hydroxylation sites is 5. The molecule has 15 rings (SSSR count). The van der Waals surface area contributed by atoms with Gasteiger partial charge in [-0.1, -0.05) is 182 Å². The fourth-order valence-electron chi connectivity index (χ4n) is 12.5. The molecule has 0 radical (unpaired) electrons. The van der Waals surface area contributed by atoms with E-state index in [9.17, 15) is 0 Å². The Labute approximate surface area is 406 Å². The van der Waals surface area contributed by atoms with Crippen molar-refractivity contribution in [3.63, 3.8) is 0 Å². The minimum atomic E-state index is -0.695. The van der Waals surface area contributed by atoms with Crippen molar-refractivity contribution in [1.82, 2.24) is 0 Å². The molecule has 3 heteroatoms. The molecule has 3 nitrogen and oxygen atoms in total. The molecular weight excluding hydrogens is 849 g/mol. The lowest BCUT2D eigenvalue weighted by Crippen LogP contribution is -2.29. The highest BCUT2D eigenvalue weighted by Crippen LogP contribution is 2.64. The molecule has 2 aliphatic carbocycles. The number of rotatable bonds is 4. The summed E-state index contributed by atoms with van der Waals surface area (Å²) in [6.45, 7) is 0. The molecule has 12 aromatic rings. The second kappa shape index (κ2) is 14.9. The molecule has 1 aromatic heterocycles. The van der Waals surface area contributed by atoms with Gasteiger partial charge in [-0.05, 0) is 140 Å². The van der Waals surface area contributed by atoms with Gasteiger partial charge in [0.25, 0.3) is 0 Å².